The lowest BCUT2D eigenvalue weighted by Crippen LogP contribution is -2.16. The SMILES string of the molecule is C=C1C(=O)O[C@H]2/C=C(/C)C[C@@H]3C=C(CC/C=C(/C)CC[C@H]12)C(=O)O3. The fourth-order valence-electron chi connectivity index (χ4n) is 3.57. The average Bonchev–Trinajstić information content (AvgIpc) is 2.97. The smallest absolute Gasteiger partial charge is 0.334 e. The zero-order chi connectivity index (χ0) is 17.3. The molecular formula is C20H24O4. The Morgan fingerprint density at radius 1 is 1.04 bits per heavy atom. The number of hydrogen-bond donors (Lipinski definition) is 0. The Morgan fingerprint density at radius 2 is 1.83 bits per heavy atom. The molecule has 1 fully saturated rings. The number of rotatable bonds is 0. The Bertz CT molecular complexity index is 665. The maximum atomic E-state index is 11.9. The first-order valence-electron chi connectivity index (χ1n) is 8.58. The number of carbonyl (C=O) groups excluding carboxylic acids is 2. The summed E-state index contributed by atoms with van der Waals surface area (Å²) in [5.41, 5.74) is 3.67. The van der Waals surface area contributed by atoms with Gasteiger partial charge in [-0.05, 0) is 51.7 Å². The zero-order valence-corrected chi connectivity index (χ0v) is 14.3. The van der Waals surface area contributed by atoms with Crippen molar-refractivity contribution in [3.63, 3.8) is 0 Å². The van der Waals surface area contributed by atoms with Crippen molar-refractivity contribution in [2.24, 2.45) is 5.92 Å². The highest BCUT2D eigenvalue weighted by Crippen LogP contribution is 2.34. The van der Waals surface area contributed by atoms with E-state index in [0.717, 1.165) is 36.8 Å². The molecule has 1 aliphatic carbocycles. The van der Waals surface area contributed by atoms with E-state index >= 15 is 0 Å². The summed E-state index contributed by atoms with van der Waals surface area (Å²) in [6.07, 6.45) is 9.56. The topological polar surface area (TPSA) is 52.6 Å². The third kappa shape index (κ3) is 3.53. The predicted molar refractivity (Wildman–Crippen MR) is 91.1 cm³/mol. The summed E-state index contributed by atoms with van der Waals surface area (Å²) in [5.74, 6) is -0.474. The number of carbonyl (C=O) groups is 2. The van der Waals surface area contributed by atoms with E-state index in [9.17, 15) is 9.59 Å². The van der Waals surface area contributed by atoms with Crippen molar-refractivity contribution >= 4 is 11.9 Å². The second-order valence-corrected chi connectivity index (χ2v) is 6.98. The first-order valence-corrected chi connectivity index (χ1v) is 8.58. The van der Waals surface area contributed by atoms with Crippen molar-refractivity contribution in [3.8, 4) is 0 Å². The van der Waals surface area contributed by atoms with Crippen LogP contribution in [0.4, 0.5) is 0 Å². The Kier molecular flexibility index (Phi) is 4.74. The largest absolute Gasteiger partial charge is 0.454 e. The van der Waals surface area contributed by atoms with Gasteiger partial charge in [0, 0.05) is 23.5 Å². The molecule has 2 bridgehead atoms. The molecule has 1 saturated heterocycles. The van der Waals surface area contributed by atoms with Gasteiger partial charge in [-0.2, -0.15) is 0 Å². The van der Waals surface area contributed by atoms with Crippen LogP contribution in [-0.4, -0.2) is 24.1 Å². The molecule has 4 nitrogen and oxygen atoms in total. The first kappa shape index (κ1) is 16.7. The highest BCUT2D eigenvalue weighted by molar-refractivity contribution is 5.91. The molecular weight excluding hydrogens is 304 g/mol. The Morgan fingerprint density at radius 3 is 2.62 bits per heavy atom. The summed E-state index contributed by atoms with van der Waals surface area (Å²) in [4.78, 5) is 23.8. The molecule has 0 saturated carbocycles. The van der Waals surface area contributed by atoms with Gasteiger partial charge in [-0.15, -0.1) is 0 Å². The summed E-state index contributed by atoms with van der Waals surface area (Å²) in [6.45, 7) is 8.00. The van der Waals surface area contributed by atoms with Gasteiger partial charge >= 0.3 is 11.9 Å². The Labute approximate surface area is 142 Å². The van der Waals surface area contributed by atoms with E-state index in [0.29, 0.717) is 12.0 Å². The van der Waals surface area contributed by atoms with Gasteiger partial charge in [0.1, 0.15) is 12.2 Å². The summed E-state index contributed by atoms with van der Waals surface area (Å²) in [7, 11) is 0. The molecule has 2 aliphatic heterocycles. The van der Waals surface area contributed by atoms with Gasteiger partial charge in [-0.3, -0.25) is 0 Å². The van der Waals surface area contributed by atoms with Gasteiger partial charge in [0.25, 0.3) is 0 Å². The van der Waals surface area contributed by atoms with Crippen LogP contribution < -0.4 is 0 Å². The predicted octanol–water partition coefficient (Wildman–Crippen LogP) is 3.79. The van der Waals surface area contributed by atoms with Crippen LogP contribution in [0, 0.1) is 5.92 Å². The lowest BCUT2D eigenvalue weighted by molar-refractivity contribution is -0.139. The van der Waals surface area contributed by atoms with E-state index in [2.05, 4.69) is 19.6 Å². The van der Waals surface area contributed by atoms with Crippen LogP contribution in [-0.2, 0) is 19.1 Å². The minimum atomic E-state index is -0.297. The maximum Gasteiger partial charge on any atom is 0.334 e. The molecule has 0 aromatic heterocycles. The fraction of sp³-hybridized carbons (Fsp3) is 0.500. The van der Waals surface area contributed by atoms with E-state index in [1.54, 1.807) is 0 Å². The van der Waals surface area contributed by atoms with Crippen molar-refractivity contribution in [2.75, 3.05) is 0 Å². The average molecular weight is 328 g/mol. The van der Waals surface area contributed by atoms with Crippen LogP contribution in [0.25, 0.3) is 0 Å². The zero-order valence-electron chi connectivity index (χ0n) is 14.3. The Balaban J connectivity index is 1.86. The molecule has 0 radical (unpaired) electrons. The molecule has 24 heavy (non-hydrogen) atoms. The second-order valence-electron chi connectivity index (χ2n) is 6.98. The van der Waals surface area contributed by atoms with Crippen LogP contribution in [0.1, 0.15) is 46.0 Å². The number of hydrogen-bond acceptors (Lipinski definition) is 4. The summed E-state index contributed by atoms with van der Waals surface area (Å²) >= 11 is 0. The van der Waals surface area contributed by atoms with Crippen LogP contribution in [0.2, 0.25) is 0 Å². The standard InChI is InChI=1S/C20H24O4/c1-12-5-4-6-15-11-16(23-20(15)22)9-13(2)10-18-17(8-7-12)14(3)19(21)24-18/h5,10-11,16-18H,3-4,6-9H2,1-2H3/b12-5-,13-10-/t16-,17-,18+/m1/s1. The van der Waals surface area contributed by atoms with E-state index in [1.165, 1.54) is 5.57 Å². The molecule has 0 unspecified atom stereocenters. The number of fused-ring (bicyclic) bond motifs is 2. The monoisotopic (exact) mass is 328 g/mol. The molecule has 0 N–H and O–H groups in total. The van der Waals surface area contributed by atoms with Crippen molar-refractivity contribution in [1.82, 2.24) is 0 Å². The minimum Gasteiger partial charge on any atom is -0.454 e. The number of ether oxygens (including phenoxy) is 2. The minimum absolute atomic E-state index is 0.0240. The lowest BCUT2D eigenvalue weighted by atomic mass is 9.89. The van der Waals surface area contributed by atoms with Gasteiger partial charge in [0.05, 0.1) is 0 Å². The van der Waals surface area contributed by atoms with Crippen molar-refractivity contribution < 1.29 is 19.1 Å². The van der Waals surface area contributed by atoms with Crippen LogP contribution >= 0.6 is 0 Å². The summed E-state index contributed by atoms with van der Waals surface area (Å²) in [6, 6.07) is 0. The van der Waals surface area contributed by atoms with E-state index in [-0.39, 0.29) is 30.1 Å². The molecule has 3 atom stereocenters. The molecule has 0 aromatic rings. The summed E-state index contributed by atoms with van der Waals surface area (Å²) in [5, 5.41) is 0. The third-order valence-electron chi connectivity index (χ3n) is 4.99. The number of esters is 2. The summed E-state index contributed by atoms with van der Waals surface area (Å²) < 4.78 is 10.9. The van der Waals surface area contributed by atoms with E-state index in [4.69, 9.17) is 9.47 Å². The highest BCUT2D eigenvalue weighted by Gasteiger charge is 2.37. The van der Waals surface area contributed by atoms with Crippen LogP contribution in [0.5, 0.6) is 0 Å². The van der Waals surface area contributed by atoms with Gasteiger partial charge in [-0.1, -0.05) is 23.8 Å². The lowest BCUT2D eigenvalue weighted by Gasteiger charge is -2.16. The van der Waals surface area contributed by atoms with Gasteiger partial charge in [0.2, 0.25) is 0 Å². The second kappa shape index (κ2) is 6.80. The molecule has 0 spiro atoms. The fourth-order valence-corrected chi connectivity index (χ4v) is 3.57. The molecule has 4 heteroatoms. The molecule has 2 heterocycles. The van der Waals surface area contributed by atoms with Crippen molar-refractivity contribution in [2.45, 2.75) is 58.2 Å². The quantitative estimate of drug-likeness (QED) is 0.386. The Hall–Kier alpha value is -2.10. The van der Waals surface area contributed by atoms with Gasteiger partial charge in [-0.25, -0.2) is 9.59 Å². The number of allylic oxidation sites excluding steroid dienone is 2. The van der Waals surface area contributed by atoms with Crippen LogP contribution in [0.15, 0.2) is 47.1 Å². The highest BCUT2D eigenvalue weighted by atomic mass is 16.6. The molecule has 128 valence electrons. The van der Waals surface area contributed by atoms with Crippen LogP contribution in [0.3, 0.4) is 0 Å². The van der Waals surface area contributed by atoms with E-state index in [1.807, 2.05) is 19.1 Å². The molecule has 3 aliphatic rings. The maximum absolute atomic E-state index is 11.9. The first-order chi connectivity index (χ1) is 11.4. The van der Waals surface area contributed by atoms with Crippen molar-refractivity contribution in [3.05, 3.63) is 47.1 Å². The van der Waals surface area contributed by atoms with Crippen molar-refractivity contribution in [1.29, 1.82) is 0 Å². The normalized spacial score (nSPS) is 35.7. The third-order valence-corrected chi connectivity index (χ3v) is 4.99. The molecule has 0 amide bonds. The molecule has 3 rings (SSSR count). The van der Waals surface area contributed by atoms with Gasteiger partial charge < -0.3 is 9.47 Å². The van der Waals surface area contributed by atoms with E-state index < -0.39 is 0 Å². The molecule has 0 aromatic carbocycles. The van der Waals surface area contributed by atoms with Gasteiger partial charge in [0.15, 0.2) is 0 Å².